The molecule has 0 spiro atoms. The van der Waals surface area contributed by atoms with Gasteiger partial charge in [0.1, 0.15) is 0 Å². The summed E-state index contributed by atoms with van der Waals surface area (Å²) >= 11 is 0. The molecular formula is C16H17NO4S. The van der Waals surface area contributed by atoms with Gasteiger partial charge in [0.15, 0.2) is 21.3 Å². The van der Waals surface area contributed by atoms with Crippen LogP contribution in [0, 0.1) is 0 Å². The van der Waals surface area contributed by atoms with Crippen LogP contribution < -0.4 is 14.8 Å². The molecule has 2 aromatic rings. The fourth-order valence-corrected chi connectivity index (χ4v) is 2.99. The van der Waals surface area contributed by atoms with Crippen molar-refractivity contribution in [1.82, 2.24) is 0 Å². The van der Waals surface area contributed by atoms with Crippen molar-refractivity contribution in [3.63, 3.8) is 0 Å². The summed E-state index contributed by atoms with van der Waals surface area (Å²) in [5.74, 6) is 1.44. The Labute approximate surface area is 129 Å². The molecule has 1 heterocycles. The number of hydrogen-bond donors (Lipinski definition) is 1. The van der Waals surface area contributed by atoms with Crippen LogP contribution in [-0.4, -0.2) is 21.5 Å². The normalized spacial score (nSPS) is 14.6. The van der Waals surface area contributed by atoms with Gasteiger partial charge in [-0.3, -0.25) is 0 Å². The molecule has 1 atom stereocenters. The van der Waals surface area contributed by atoms with Gasteiger partial charge in [0, 0.05) is 12.3 Å². The maximum absolute atomic E-state index is 11.5. The number of hydrogen-bond acceptors (Lipinski definition) is 5. The number of benzene rings is 2. The van der Waals surface area contributed by atoms with Crippen LogP contribution in [0.1, 0.15) is 18.5 Å². The van der Waals surface area contributed by atoms with Crippen LogP contribution in [0.15, 0.2) is 47.4 Å². The Morgan fingerprint density at radius 2 is 1.82 bits per heavy atom. The van der Waals surface area contributed by atoms with Crippen molar-refractivity contribution in [2.45, 2.75) is 17.9 Å². The molecule has 0 saturated heterocycles. The highest BCUT2D eigenvalue weighted by atomic mass is 32.2. The van der Waals surface area contributed by atoms with Gasteiger partial charge in [-0.05, 0) is 36.8 Å². The van der Waals surface area contributed by atoms with Crippen molar-refractivity contribution >= 4 is 15.5 Å². The first-order valence-electron chi connectivity index (χ1n) is 6.90. The number of nitrogens with one attached hydrogen (secondary N) is 1. The van der Waals surface area contributed by atoms with Gasteiger partial charge in [-0.15, -0.1) is 0 Å². The third kappa shape index (κ3) is 2.87. The van der Waals surface area contributed by atoms with Crippen LogP contribution >= 0.6 is 0 Å². The number of anilines is 1. The molecule has 116 valence electrons. The minimum Gasteiger partial charge on any atom is -0.454 e. The van der Waals surface area contributed by atoms with Crippen LogP contribution in [0.25, 0.3) is 0 Å². The summed E-state index contributed by atoms with van der Waals surface area (Å²) in [6, 6.07) is 12.6. The van der Waals surface area contributed by atoms with E-state index in [-0.39, 0.29) is 12.8 Å². The molecule has 3 rings (SSSR count). The van der Waals surface area contributed by atoms with Crippen molar-refractivity contribution in [2.75, 3.05) is 18.4 Å². The van der Waals surface area contributed by atoms with E-state index in [2.05, 4.69) is 5.32 Å². The van der Waals surface area contributed by atoms with Gasteiger partial charge in [-0.2, -0.15) is 0 Å². The maximum atomic E-state index is 11.5. The highest BCUT2D eigenvalue weighted by molar-refractivity contribution is 7.90. The first-order valence-corrected chi connectivity index (χ1v) is 8.79. The second-order valence-corrected chi connectivity index (χ2v) is 7.26. The topological polar surface area (TPSA) is 64.6 Å². The lowest BCUT2D eigenvalue weighted by Crippen LogP contribution is -2.08. The van der Waals surface area contributed by atoms with Gasteiger partial charge in [0.25, 0.3) is 0 Å². The molecule has 5 nitrogen and oxygen atoms in total. The lowest BCUT2D eigenvalue weighted by Gasteiger charge is -2.17. The van der Waals surface area contributed by atoms with E-state index in [1.165, 1.54) is 6.26 Å². The van der Waals surface area contributed by atoms with E-state index in [0.29, 0.717) is 10.6 Å². The molecule has 2 aromatic carbocycles. The Bertz CT molecular complexity index is 784. The molecule has 0 saturated carbocycles. The average molecular weight is 319 g/mol. The summed E-state index contributed by atoms with van der Waals surface area (Å²) in [4.78, 5) is 0.320. The molecule has 22 heavy (non-hydrogen) atoms. The van der Waals surface area contributed by atoms with Crippen LogP contribution in [0.2, 0.25) is 0 Å². The van der Waals surface area contributed by atoms with Gasteiger partial charge in [-0.25, -0.2) is 8.42 Å². The predicted octanol–water partition coefficient (Wildman–Crippen LogP) is 2.99. The Morgan fingerprint density at radius 1 is 1.09 bits per heavy atom. The summed E-state index contributed by atoms with van der Waals surface area (Å²) < 4.78 is 33.8. The smallest absolute Gasteiger partial charge is 0.231 e. The quantitative estimate of drug-likeness (QED) is 0.938. The molecule has 0 aromatic heterocycles. The number of ether oxygens (including phenoxy) is 2. The molecule has 0 radical (unpaired) electrons. The largest absolute Gasteiger partial charge is 0.454 e. The Morgan fingerprint density at radius 3 is 2.50 bits per heavy atom. The lowest BCUT2D eigenvalue weighted by atomic mass is 10.1. The molecule has 1 N–H and O–H groups in total. The second kappa shape index (κ2) is 5.53. The Hall–Kier alpha value is -2.21. The third-order valence-corrected chi connectivity index (χ3v) is 4.71. The summed E-state index contributed by atoms with van der Waals surface area (Å²) in [5.41, 5.74) is 1.85. The molecule has 1 aliphatic rings. The zero-order chi connectivity index (χ0) is 15.7. The summed E-state index contributed by atoms with van der Waals surface area (Å²) in [6.45, 7) is 2.23. The zero-order valence-corrected chi connectivity index (χ0v) is 13.2. The molecule has 0 bridgehead atoms. The first-order chi connectivity index (χ1) is 10.4. The van der Waals surface area contributed by atoms with Gasteiger partial charge in [0.2, 0.25) is 6.79 Å². The van der Waals surface area contributed by atoms with E-state index in [1.807, 2.05) is 37.3 Å². The molecule has 0 fully saturated rings. The summed E-state index contributed by atoms with van der Waals surface area (Å²) in [5, 5.41) is 3.36. The Balaban J connectivity index is 1.81. The third-order valence-electron chi connectivity index (χ3n) is 3.58. The predicted molar refractivity (Wildman–Crippen MR) is 84.2 cm³/mol. The minimum absolute atomic E-state index is 0.00399. The van der Waals surface area contributed by atoms with Gasteiger partial charge < -0.3 is 14.8 Å². The summed E-state index contributed by atoms with van der Waals surface area (Å²) in [7, 11) is -3.17. The number of para-hydroxylation sites is 1. The molecule has 6 heteroatoms. The highest BCUT2D eigenvalue weighted by Crippen LogP contribution is 2.40. The van der Waals surface area contributed by atoms with E-state index in [1.54, 1.807) is 12.1 Å². The number of sulfone groups is 1. The van der Waals surface area contributed by atoms with Crippen LogP contribution in [0.4, 0.5) is 5.69 Å². The van der Waals surface area contributed by atoms with Crippen molar-refractivity contribution < 1.29 is 17.9 Å². The van der Waals surface area contributed by atoms with Crippen LogP contribution in [-0.2, 0) is 9.84 Å². The zero-order valence-electron chi connectivity index (χ0n) is 12.4. The van der Waals surface area contributed by atoms with E-state index in [0.717, 1.165) is 17.0 Å². The fraction of sp³-hybridized carbons (Fsp3) is 0.250. The van der Waals surface area contributed by atoms with Crippen molar-refractivity contribution in [1.29, 1.82) is 0 Å². The van der Waals surface area contributed by atoms with Crippen LogP contribution in [0.5, 0.6) is 11.5 Å². The lowest BCUT2D eigenvalue weighted by molar-refractivity contribution is 0.174. The molecule has 0 aliphatic carbocycles. The fourth-order valence-electron chi connectivity index (χ4n) is 2.36. The van der Waals surface area contributed by atoms with E-state index in [9.17, 15) is 8.42 Å². The molecule has 1 unspecified atom stereocenters. The highest BCUT2D eigenvalue weighted by Gasteiger charge is 2.18. The van der Waals surface area contributed by atoms with Crippen molar-refractivity contribution in [3.05, 3.63) is 48.0 Å². The van der Waals surface area contributed by atoms with E-state index < -0.39 is 9.84 Å². The SMILES string of the molecule is CC(Nc1cccc2c1OCO2)c1ccc(S(C)(=O)=O)cc1. The average Bonchev–Trinajstić information content (AvgIpc) is 2.96. The second-order valence-electron chi connectivity index (χ2n) is 5.25. The molecule has 1 aliphatic heterocycles. The summed E-state index contributed by atoms with van der Waals surface area (Å²) in [6.07, 6.45) is 1.20. The van der Waals surface area contributed by atoms with Gasteiger partial charge >= 0.3 is 0 Å². The Kier molecular flexibility index (Phi) is 3.70. The minimum atomic E-state index is -3.17. The van der Waals surface area contributed by atoms with Crippen LogP contribution in [0.3, 0.4) is 0 Å². The van der Waals surface area contributed by atoms with Crippen molar-refractivity contribution in [3.8, 4) is 11.5 Å². The molecular weight excluding hydrogens is 302 g/mol. The van der Waals surface area contributed by atoms with Gasteiger partial charge in [0.05, 0.1) is 10.6 Å². The monoisotopic (exact) mass is 319 g/mol. The molecule has 0 amide bonds. The van der Waals surface area contributed by atoms with Gasteiger partial charge in [-0.1, -0.05) is 18.2 Å². The number of rotatable bonds is 4. The van der Waals surface area contributed by atoms with E-state index in [4.69, 9.17) is 9.47 Å². The maximum Gasteiger partial charge on any atom is 0.231 e. The standard InChI is InChI=1S/C16H17NO4S/c1-11(12-6-8-13(9-7-12)22(2,18)19)17-14-4-3-5-15-16(14)21-10-20-15/h3-9,11,17H,10H2,1-2H3. The first kappa shape index (κ1) is 14.7. The number of fused-ring (bicyclic) bond motifs is 1. The van der Waals surface area contributed by atoms with E-state index >= 15 is 0 Å². The van der Waals surface area contributed by atoms with Crippen molar-refractivity contribution in [2.24, 2.45) is 0 Å².